The molecule has 1 saturated heterocycles. The van der Waals surface area contributed by atoms with Gasteiger partial charge >= 0.3 is 11.6 Å². The van der Waals surface area contributed by atoms with Crippen LogP contribution >= 0.6 is 0 Å². The van der Waals surface area contributed by atoms with Crippen molar-refractivity contribution in [2.24, 2.45) is 5.92 Å². The van der Waals surface area contributed by atoms with Crippen LogP contribution in [0.4, 0.5) is 0 Å². The second kappa shape index (κ2) is 6.28. The van der Waals surface area contributed by atoms with Gasteiger partial charge in [0, 0.05) is 25.2 Å². The van der Waals surface area contributed by atoms with Gasteiger partial charge in [-0.25, -0.2) is 0 Å². The molecule has 1 aromatic heterocycles. The van der Waals surface area contributed by atoms with E-state index in [1.54, 1.807) is 36.3 Å². The maximum atomic E-state index is 12.7. The summed E-state index contributed by atoms with van der Waals surface area (Å²) in [6.07, 6.45) is 1.88. The highest BCUT2D eigenvalue weighted by molar-refractivity contribution is 5.92. The van der Waals surface area contributed by atoms with Crippen LogP contribution in [0.3, 0.4) is 0 Å². The molecule has 0 N–H and O–H groups in total. The Morgan fingerprint density at radius 3 is 2.61 bits per heavy atom. The Kier molecular flexibility index (Phi) is 4.18. The van der Waals surface area contributed by atoms with Gasteiger partial charge < -0.3 is 19.3 Å². The topological polar surface area (TPSA) is 82.5 Å². The number of hydrogen-bond acceptors (Lipinski definition) is 5. The number of nitrogens with zero attached hydrogens (tertiary/aromatic N) is 3. The molecule has 2 heterocycles. The summed E-state index contributed by atoms with van der Waals surface area (Å²) in [7, 11) is 1.57. The fourth-order valence-electron chi connectivity index (χ4n) is 2.69. The molecule has 0 spiro atoms. The van der Waals surface area contributed by atoms with Gasteiger partial charge in [-0.15, -0.1) is 0 Å². The highest BCUT2D eigenvalue weighted by Gasteiger charge is 2.33. The molecule has 23 heavy (non-hydrogen) atoms. The standard InChI is InChI=1S/C16H19N3O4/c1-11-7-9-18(10-8-11)15(20)14-16(21)23-17-19(14)12-3-5-13(22-2)6-4-12/h3-6,11H,7-10H2,1-2H3. The molecule has 122 valence electrons. The van der Waals surface area contributed by atoms with Gasteiger partial charge in [0.15, 0.2) is 5.95 Å². The van der Waals surface area contributed by atoms with Crippen molar-refractivity contribution < 1.29 is 23.8 Å². The highest BCUT2D eigenvalue weighted by atomic mass is 16.6. The predicted molar refractivity (Wildman–Crippen MR) is 78.3 cm³/mol. The zero-order valence-corrected chi connectivity index (χ0v) is 13.2. The van der Waals surface area contributed by atoms with E-state index in [0.717, 1.165) is 12.8 Å². The van der Waals surface area contributed by atoms with Gasteiger partial charge in [0.05, 0.1) is 12.4 Å². The van der Waals surface area contributed by atoms with Crippen molar-refractivity contribution in [1.82, 2.24) is 10.2 Å². The van der Waals surface area contributed by atoms with Crippen molar-refractivity contribution >= 4 is 5.91 Å². The number of ether oxygens (including phenoxy) is 1. The molecule has 3 rings (SSSR count). The fourth-order valence-corrected chi connectivity index (χ4v) is 2.69. The van der Waals surface area contributed by atoms with Gasteiger partial charge in [-0.2, -0.15) is 0 Å². The molecule has 0 atom stereocenters. The molecular weight excluding hydrogens is 298 g/mol. The summed E-state index contributed by atoms with van der Waals surface area (Å²) < 4.78 is 11.1. The van der Waals surface area contributed by atoms with Crippen molar-refractivity contribution in [1.29, 1.82) is 0 Å². The third kappa shape index (κ3) is 2.99. The van der Waals surface area contributed by atoms with Gasteiger partial charge in [0.1, 0.15) is 5.75 Å². The van der Waals surface area contributed by atoms with E-state index in [2.05, 4.69) is 12.2 Å². The zero-order valence-electron chi connectivity index (χ0n) is 13.2. The number of likely N-dealkylation sites (tertiary alicyclic amines) is 1. The first-order valence-corrected chi connectivity index (χ1v) is 7.63. The van der Waals surface area contributed by atoms with Gasteiger partial charge in [-0.1, -0.05) is 6.92 Å². The number of piperidine rings is 1. The number of carbonyl (C=O) groups excluding carboxylic acids is 1. The number of amides is 1. The van der Waals surface area contributed by atoms with Crippen LogP contribution in [0.25, 0.3) is 5.69 Å². The molecule has 0 saturated carbocycles. The highest BCUT2D eigenvalue weighted by Crippen LogP contribution is 2.20. The minimum Gasteiger partial charge on any atom is -0.538 e. The number of carbonyl (C=O) groups is 1. The number of aromatic nitrogens is 2. The molecule has 7 nitrogen and oxygen atoms in total. The zero-order chi connectivity index (χ0) is 16.4. The third-order valence-electron chi connectivity index (χ3n) is 4.20. The Hall–Kier alpha value is -2.57. The largest absolute Gasteiger partial charge is 0.538 e. The van der Waals surface area contributed by atoms with E-state index in [4.69, 9.17) is 9.26 Å². The van der Waals surface area contributed by atoms with Gasteiger partial charge in [0.25, 0.3) is 0 Å². The minimum absolute atomic E-state index is 0.0651. The molecule has 0 radical (unpaired) electrons. The lowest BCUT2D eigenvalue weighted by molar-refractivity contribution is -0.672. The van der Waals surface area contributed by atoms with Crippen molar-refractivity contribution in [2.45, 2.75) is 19.8 Å². The lowest BCUT2D eigenvalue weighted by atomic mass is 9.99. The van der Waals surface area contributed by atoms with Crippen molar-refractivity contribution in [2.75, 3.05) is 20.2 Å². The summed E-state index contributed by atoms with van der Waals surface area (Å²) in [4.78, 5) is 14.4. The van der Waals surface area contributed by atoms with Crippen LogP contribution in [0, 0.1) is 5.92 Å². The lowest BCUT2D eigenvalue weighted by Crippen LogP contribution is -2.46. The maximum Gasteiger partial charge on any atom is 0.327 e. The second-order valence-electron chi connectivity index (χ2n) is 5.79. The molecule has 1 aliphatic heterocycles. The van der Waals surface area contributed by atoms with E-state index >= 15 is 0 Å². The van der Waals surface area contributed by atoms with Crippen molar-refractivity contribution in [3.63, 3.8) is 0 Å². The summed E-state index contributed by atoms with van der Waals surface area (Å²) >= 11 is 0. The molecule has 1 fully saturated rings. The monoisotopic (exact) mass is 317 g/mol. The normalized spacial score (nSPS) is 15.7. The summed E-state index contributed by atoms with van der Waals surface area (Å²) in [5, 5.41) is 15.7. The predicted octanol–water partition coefficient (Wildman–Crippen LogP) is 0.906. The Morgan fingerprint density at radius 2 is 2.00 bits per heavy atom. The van der Waals surface area contributed by atoms with Crippen LogP contribution in [0.5, 0.6) is 11.7 Å². The number of benzene rings is 1. The van der Waals surface area contributed by atoms with E-state index in [-0.39, 0.29) is 11.6 Å². The molecule has 0 bridgehead atoms. The maximum absolute atomic E-state index is 12.7. The Balaban J connectivity index is 1.90. The average Bonchev–Trinajstić information content (AvgIpc) is 2.96. The Bertz CT molecular complexity index is 688. The first-order valence-electron chi connectivity index (χ1n) is 7.63. The lowest BCUT2D eigenvalue weighted by Gasteiger charge is -2.29. The molecule has 0 aliphatic carbocycles. The number of hydrogen-bond donors (Lipinski definition) is 0. The first kappa shape index (κ1) is 15.3. The second-order valence-corrected chi connectivity index (χ2v) is 5.79. The van der Waals surface area contributed by atoms with E-state index in [1.807, 2.05) is 0 Å². The summed E-state index contributed by atoms with van der Waals surface area (Å²) in [6.45, 7) is 3.46. The van der Waals surface area contributed by atoms with Gasteiger partial charge in [-0.05, 0) is 35.6 Å². The van der Waals surface area contributed by atoms with E-state index in [9.17, 15) is 9.90 Å². The van der Waals surface area contributed by atoms with Crippen molar-refractivity contribution in [3.05, 3.63) is 30.0 Å². The van der Waals surface area contributed by atoms with Gasteiger partial charge in [0.2, 0.25) is 5.69 Å². The molecule has 1 aliphatic rings. The van der Waals surface area contributed by atoms with Crippen LogP contribution in [-0.2, 0) is 0 Å². The third-order valence-corrected chi connectivity index (χ3v) is 4.20. The molecular formula is C16H19N3O4. The number of methoxy groups -OCH3 is 1. The van der Waals surface area contributed by atoms with Crippen LogP contribution in [0.1, 0.15) is 30.3 Å². The summed E-state index contributed by atoms with van der Waals surface area (Å²) in [5.41, 5.74) is 0.509. The van der Waals surface area contributed by atoms with Crippen molar-refractivity contribution in [3.8, 4) is 17.4 Å². The summed E-state index contributed by atoms with van der Waals surface area (Å²) in [5.74, 6) is 0.225. The quantitative estimate of drug-likeness (QED) is 0.786. The average molecular weight is 317 g/mol. The molecule has 1 aromatic carbocycles. The van der Waals surface area contributed by atoms with Gasteiger partial charge in [-0.3, -0.25) is 4.79 Å². The van der Waals surface area contributed by atoms with E-state index in [1.165, 1.54) is 4.68 Å². The van der Waals surface area contributed by atoms with Crippen LogP contribution in [0.2, 0.25) is 0 Å². The van der Waals surface area contributed by atoms with Crippen LogP contribution < -0.4 is 14.5 Å². The minimum atomic E-state index is -0.718. The molecule has 1 amide bonds. The summed E-state index contributed by atoms with van der Waals surface area (Å²) in [6, 6.07) is 6.91. The van der Waals surface area contributed by atoms with E-state index < -0.39 is 5.95 Å². The molecule has 7 heteroatoms. The number of rotatable bonds is 3. The Labute approximate surface area is 134 Å². The Morgan fingerprint density at radius 1 is 1.35 bits per heavy atom. The fraction of sp³-hybridized carbons (Fsp3) is 0.438. The smallest absolute Gasteiger partial charge is 0.327 e. The van der Waals surface area contributed by atoms with Crippen LogP contribution in [0.15, 0.2) is 28.8 Å². The molecule has 0 unspecified atom stereocenters. The van der Waals surface area contributed by atoms with Crippen LogP contribution in [-0.4, -0.2) is 36.3 Å². The first-order chi connectivity index (χ1) is 11.1. The molecule has 2 aromatic rings. The SMILES string of the molecule is COc1ccc(-[n+]2noc([O-])c2C(=O)N2CCC(C)CC2)cc1. The van der Waals surface area contributed by atoms with E-state index in [0.29, 0.717) is 30.4 Å².